The van der Waals surface area contributed by atoms with Crippen molar-refractivity contribution in [3.63, 3.8) is 0 Å². The molecule has 18 heavy (non-hydrogen) atoms. The molecule has 7 heteroatoms. The van der Waals surface area contributed by atoms with Gasteiger partial charge >= 0.3 is 6.03 Å². The first-order chi connectivity index (χ1) is 8.67. The molecule has 1 saturated carbocycles. The van der Waals surface area contributed by atoms with Crippen LogP contribution in [0.1, 0.15) is 32.6 Å². The van der Waals surface area contributed by atoms with Crippen molar-refractivity contribution in [2.75, 3.05) is 6.54 Å². The van der Waals surface area contributed by atoms with Crippen LogP contribution in [0.25, 0.3) is 0 Å². The molecular formula is C11H16N4O3. The van der Waals surface area contributed by atoms with Crippen molar-refractivity contribution in [1.82, 2.24) is 10.6 Å². The number of nitrogens with zero attached hydrogens (tertiary/aromatic N) is 2. The number of rotatable bonds is 4. The van der Waals surface area contributed by atoms with Gasteiger partial charge in [-0.3, -0.25) is 10.1 Å². The number of amides is 3. The number of carbonyl (C=O) groups excluding carboxylic acids is 2. The normalized spacial score (nSPS) is 15.9. The highest BCUT2D eigenvalue weighted by molar-refractivity contribution is 6.46. The van der Waals surface area contributed by atoms with Gasteiger partial charge in [0.25, 0.3) is 5.91 Å². The second-order valence-corrected chi connectivity index (χ2v) is 3.88. The molecule has 0 saturated heterocycles. The van der Waals surface area contributed by atoms with Crippen LogP contribution >= 0.6 is 0 Å². The van der Waals surface area contributed by atoms with E-state index in [9.17, 15) is 9.59 Å². The minimum Gasteiger partial charge on any atom is -0.391 e. The third-order valence-corrected chi connectivity index (χ3v) is 2.48. The summed E-state index contributed by atoms with van der Waals surface area (Å²) < 4.78 is 0. The van der Waals surface area contributed by atoms with Gasteiger partial charge in [0.1, 0.15) is 12.2 Å². The van der Waals surface area contributed by atoms with Crippen molar-refractivity contribution in [3.05, 3.63) is 0 Å². The first-order valence-corrected chi connectivity index (χ1v) is 5.90. The van der Waals surface area contributed by atoms with Crippen molar-refractivity contribution in [1.29, 1.82) is 5.26 Å². The van der Waals surface area contributed by atoms with Gasteiger partial charge in [0, 0.05) is 6.54 Å². The lowest BCUT2D eigenvalue weighted by molar-refractivity contribution is -0.113. The van der Waals surface area contributed by atoms with Crippen LogP contribution in [-0.2, 0) is 9.63 Å². The lowest BCUT2D eigenvalue weighted by Crippen LogP contribution is -2.42. The number of hydrogen-bond acceptors (Lipinski definition) is 5. The van der Waals surface area contributed by atoms with E-state index in [4.69, 9.17) is 10.1 Å². The average Bonchev–Trinajstić information content (AvgIpc) is 2.83. The molecule has 1 aliphatic carbocycles. The van der Waals surface area contributed by atoms with Crippen molar-refractivity contribution >= 4 is 17.6 Å². The Morgan fingerprint density at radius 3 is 2.67 bits per heavy atom. The van der Waals surface area contributed by atoms with E-state index in [2.05, 4.69) is 10.5 Å². The molecule has 1 rings (SSSR count). The molecule has 0 unspecified atom stereocenters. The van der Waals surface area contributed by atoms with E-state index >= 15 is 0 Å². The molecule has 3 amide bonds. The monoisotopic (exact) mass is 252 g/mol. The zero-order valence-electron chi connectivity index (χ0n) is 10.2. The summed E-state index contributed by atoms with van der Waals surface area (Å²) in [5.41, 5.74) is -0.451. The minimum atomic E-state index is -0.860. The molecule has 0 atom stereocenters. The molecule has 0 heterocycles. The second kappa shape index (κ2) is 7.27. The average molecular weight is 252 g/mol. The Morgan fingerprint density at radius 2 is 2.11 bits per heavy atom. The summed E-state index contributed by atoms with van der Waals surface area (Å²) in [4.78, 5) is 27.6. The summed E-state index contributed by atoms with van der Waals surface area (Å²) in [7, 11) is 0. The van der Waals surface area contributed by atoms with Crippen molar-refractivity contribution < 1.29 is 14.4 Å². The largest absolute Gasteiger partial charge is 0.391 e. The van der Waals surface area contributed by atoms with E-state index < -0.39 is 17.6 Å². The van der Waals surface area contributed by atoms with Crippen LogP contribution in [0, 0.1) is 11.3 Å². The second-order valence-electron chi connectivity index (χ2n) is 3.88. The molecule has 0 aromatic heterocycles. The zero-order chi connectivity index (χ0) is 13.4. The van der Waals surface area contributed by atoms with Crippen LogP contribution < -0.4 is 10.6 Å². The van der Waals surface area contributed by atoms with Gasteiger partial charge in [-0.25, -0.2) is 4.79 Å². The van der Waals surface area contributed by atoms with Crippen LogP contribution in [0.15, 0.2) is 5.16 Å². The molecule has 98 valence electrons. The smallest absolute Gasteiger partial charge is 0.321 e. The Morgan fingerprint density at radius 1 is 1.44 bits per heavy atom. The van der Waals surface area contributed by atoms with E-state index in [-0.39, 0.29) is 6.10 Å². The van der Waals surface area contributed by atoms with Gasteiger partial charge in [0.15, 0.2) is 0 Å². The standard InChI is InChI=1S/C11H16N4O3/c1-2-13-11(17)14-10(16)9(7-12)15-18-8-5-3-4-6-8/h8H,2-6H2,1H3,(H2,13,14,16,17). The minimum absolute atomic E-state index is 0.0365. The van der Waals surface area contributed by atoms with Crippen molar-refractivity contribution in [2.24, 2.45) is 5.16 Å². The van der Waals surface area contributed by atoms with Crippen LogP contribution in [-0.4, -0.2) is 30.3 Å². The Bertz CT molecular complexity index is 380. The molecule has 1 fully saturated rings. The summed E-state index contributed by atoms with van der Waals surface area (Å²) in [6, 6.07) is 0.945. The molecule has 0 aromatic rings. The molecular weight excluding hydrogens is 236 g/mol. The lowest BCUT2D eigenvalue weighted by atomic mass is 10.3. The van der Waals surface area contributed by atoms with E-state index in [1.807, 2.05) is 5.32 Å². The number of oxime groups is 1. The maximum Gasteiger partial charge on any atom is 0.321 e. The number of carbonyl (C=O) groups is 2. The Labute approximate surface area is 105 Å². The molecule has 2 N–H and O–H groups in total. The summed E-state index contributed by atoms with van der Waals surface area (Å²) in [6.45, 7) is 2.10. The van der Waals surface area contributed by atoms with E-state index in [1.165, 1.54) is 0 Å². The molecule has 7 nitrogen and oxygen atoms in total. The molecule has 0 aromatic carbocycles. The topological polar surface area (TPSA) is 104 Å². The molecule has 0 spiro atoms. The Hall–Kier alpha value is -2.10. The highest BCUT2D eigenvalue weighted by Gasteiger charge is 2.19. The van der Waals surface area contributed by atoms with Gasteiger partial charge in [-0.2, -0.15) is 5.26 Å². The fourth-order valence-electron chi connectivity index (χ4n) is 1.60. The molecule has 0 aliphatic heterocycles. The van der Waals surface area contributed by atoms with E-state index in [0.29, 0.717) is 6.54 Å². The lowest BCUT2D eigenvalue weighted by Gasteiger charge is -2.07. The maximum atomic E-state index is 11.5. The predicted octanol–water partition coefficient (Wildman–Crippen LogP) is 0.671. The highest BCUT2D eigenvalue weighted by Crippen LogP contribution is 2.20. The van der Waals surface area contributed by atoms with Crippen LogP contribution in [0.4, 0.5) is 4.79 Å². The Kier molecular flexibility index (Phi) is 5.64. The van der Waals surface area contributed by atoms with Crippen molar-refractivity contribution in [3.8, 4) is 6.07 Å². The van der Waals surface area contributed by atoms with Gasteiger partial charge < -0.3 is 10.2 Å². The summed E-state index contributed by atoms with van der Waals surface area (Å²) >= 11 is 0. The summed E-state index contributed by atoms with van der Waals surface area (Å²) in [6.07, 6.45) is 3.84. The van der Waals surface area contributed by atoms with Gasteiger partial charge in [0.2, 0.25) is 5.71 Å². The van der Waals surface area contributed by atoms with Gasteiger partial charge in [-0.15, -0.1) is 0 Å². The van der Waals surface area contributed by atoms with Crippen LogP contribution in [0.2, 0.25) is 0 Å². The van der Waals surface area contributed by atoms with E-state index in [0.717, 1.165) is 25.7 Å². The summed E-state index contributed by atoms with van der Waals surface area (Å²) in [5, 5.41) is 16.6. The quantitative estimate of drug-likeness (QED) is 0.566. The SMILES string of the molecule is CCNC(=O)NC(=O)C(C#N)=NOC1CCCC1. The fraction of sp³-hybridized carbons (Fsp3) is 0.636. The maximum absolute atomic E-state index is 11.5. The summed E-state index contributed by atoms with van der Waals surface area (Å²) in [5.74, 6) is -0.860. The number of urea groups is 1. The van der Waals surface area contributed by atoms with Gasteiger partial charge in [-0.05, 0) is 32.6 Å². The Balaban J connectivity index is 2.48. The third-order valence-electron chi connectivity index (χ3n) is 2.48. The first-order valence-electron chi connectivity index (χ1n) is 5.90. The predicted molar refractivity (Wildman–Crippen MR) is 63.6 cm³/mol. The molecule has 0 bridgehead atoms. The van der Waals surface area contributed by atoms with Crippen LogP contribution in [0.3, 0.4) is 0 Å². The first kappa shape index (κ1) is 14.0. The number of nitriles is 1. The van der Waals surface area contributed by atoms with Gasteiger partial charge in [-0.1, -0.05) is 5.16 Å². The fourth-order valence-corrected chi connectivity index (χ4v) is 1.60. The van der Waals surface area contributed by atoms with E-state index in [1.54, 1.807) is 13.0 Å². The van der Waals surface area contributed by atoms with Crippen LogP contribution in [0.5, 0.6) is 0 Å². The zero-order valence-corrected chi connectivity index (χ0v) is 10.2. The van der Waals surface area contributed by atoms with Crippen molar-refractivity contribution in [2.45, 2.75) is 38.7 Å². The molecule has 1 aliphatic rings. The number of hydrogen-bond donors (Lipinski definition) is 2. The highest BCUT2D eigenvalue weighted by atomic mass is 16.6. The number of imide groups is 1. The van der Waals surface area contributed by atoms with Gasteiger partial charge in [0.05, 0.1) is 0 Å². The molecule has 0 radical (unpaired) electrons. The third kappa shape index (κ3) is 4.41. The number of nitrogens with one attached hydrogen (secondary N) is 2.